The molecular weight excluding hydrogens is 250 g/mol. The average molecular weight is 267 g/mol. The highest BCUT2D eigenvalue weighted by Gasteiger charge is 2.19. The van der Waals surface area contributed by atoms with Crippen LogP contribution in [0.4, 0.5) is 11.6 Å². The fourth-order valence-electron chi connectivity index (χ4n) is 2.40. The van der Waals surface area contributed by atoms with Crippen molar-refractivity contribution in [1.29, 1.82) is 0 Å². The van der Waals surface area contributed by atoms with Crippen LogP contribution in [0.5, 0.6) is 0 Å². The van der Waals surface area contributed by atoms with E-state index in [-0.39, 0.29) is 5.78 Å². The van der Waals surface area contributed by atoms with Gasteiger partial charge in [0.05, 0.1) is 11.3 Å². The Kier molecular flexibility index (Phi) is 3.22. The lowest BCUT2D eigenvalue weighted by Gasteiger charge is -2.14. The molecule has 1 heterocycles. The van der Waals surface area contributed by atoms with E-state index in [0.717, 1.165) is 24.2 Å². The molecule has 0 unspecified atom stereocenters. The number of rotatable bonds is 2. The molecule has 0 saturated carbocycles. The molecule has 1 N–H and O–H groups in total. The molecule has 102 valence electrons. The second kappa shape index (κ2) is 5.04. The molecule has 0 aliphatic heterocycles. The van der Waals surface area contributed by atoms with Crippen molar-refractivity contribution in [3.63, 3.8) is 0 Å². The second-order valence-corrected chi connectivity index (χ2v) is 5.25. The molecule has 1 aromatic carbocycles. The lowest BCUT2D eigenvalue weighted by Crippen LogP contribution is -2.14. The van der Waals surface area contributed by atoms with Gasteiger partial charge in [-0.1, -0.05) is 6.07 Å². The van der Waals surface area contributed by atoms with E-state index in [2.05, 4.69) is 41.3 Å². The Morgan fingerprint density at radius 2 is 2.00 bits per heavy atom. The molecule has 4 nitrogen and oxygen atoms in total. The van der Waals surface area contributed by atoms with Gasteiger partial charge in [0.25, 0.3) is 0 Å². The molecule has 0 saturated heterocycles. The summed E-state index contributed by atoms with van der Waals surface area (Å²) in [6.07, 6.45) is 3.99. The van der Waals surface area contributed by atoms with Crippen molar-refractivity contribution in [3.05, 3.63) is 46.8 Å². The average Bonchev–Trinajstić information content (AvgIpc) is 2.43. The summed E-state index contributed by atoms with van der Waals surface area (Å²) >= 11 is 0. The summed E-state index contributed by atoms with van der Waals surface area (Å²) in [6, 6.07) is 6.15. The van der Waals surface area contributed by atoms with Crippen LogP contribution in [0.15, 0.2) is 24.4 Å². The number of hydrogen-bond donors (Lipinski definition) is 1. The zero-order valence-electron chi connectivity index (χ0n) is 11.7. The van der Waals surface area contributed by atoms with Crippen molar-refractivity contribution < 1.29 is 4.79 Å². The van der Waals surface area contributed by atoms with E-state index in [1.807, 2.05) is 6.07 Å². The van der Waals surface area contributed by atoms with E-state index in [1.54, 1.807) is 6.20 Å². The molecule has 0 atom stereocenters. The highest BCUT2D eigenvalue weighted by molar-refractivity contribution is 5.97. The molecule has 3 rings (SSSR count). The van der Waals surface area contributed by atoms with Crippen molar-refractivity contribution >= 4 is 17.4 Å². The number of aromatic nitrogens is 2. The predicted molar refractivity (Wildman–Crippen MR) is 78.5 cm³/mol. The number of hydrogen-bond acceptors (Lipinski definition) is 4. The highest BCUT2D eigenvalue weighted by atomic mass is 16.1. The number of ketones is 1. The van der Waals surface area contributed by atoms with Crippen molar-refractivity contribution in [2.45, 2.75) is 33.1 Å². The number of nitrogens with zero attached hydrogens (tertiary/aromatic N) is 2. The summed E-state index contributed by atoms with van der Waals surface area (Å²) in [6.45, 7) is 4.16. The molecule has 0 fully saturated rings. The first kappa shape index (κ1) is 12.8. The van der Waals surface area contributed by atoms with Gasteiger partial charge in [0, 0.05) is 18.3 Å². The lowest BCUT2D eigenvalue weighted by molar-refractivity contribution is 0.0971. The third-order valence-electron chi connectivity index (χ3n) is 3.75. The Morgan fingerprint density at radius 3 is 2.80 bits per heavy atom. The molecule has 0 radical (unpaired) electrons. The Hall–Kier alpha value is -2.23. The summed E-state index contributed by atoms with van der Waals surface area (Å²) in [7, 11) is 0. The molecule has 1 aromatic heterocycles. The highest BCUT2D eigenvalue weighted by Crippen LogP contribution is 2.22. The second-order valence-electron chi connectivity index (χ2n) is 5.25. The van der Waals surface area contributed by atoms with Gasteiger partial charge in [0.2, 0.25) is 5.95 Å². The van der Waals surface area contributed by atoms with E-state index >= 15 is 0 Å². The van der Waals surface area contributed by atoms with Gasteiger partial charge in [-0.25, -0.2) is 9.97 Å². The molecule has 1 aliphatic carbocycles. The van der Waals surface area contributed by atoms with Crippen LogP contribution in [0.25, 0.3) is 0 Å². The van der Waals surface area contributed by atoms with Gasteiger partial charge in [-0.15, -0.1) is 0 Å². The zero-order chi connectivity index (χ0) is 14.1. The van der Waals surface area contributed by atoms with Crippen LogP contribution in [-0.4, -0.2) is 15.8 Å². The minimum absolute atomic E-state index is 0.156. The first-order chi connectivity index (χ1) is 9.63. The number of carbonyl (C=O) groups is 1. The molecular formula is C16H17N3O. The Morgan fingerprint density at radius 1 is 1.15 bits per heavy atom. The molecule has 4 heteroatoms. The van der Waals surface area contributed by atoms with E-state index < -0.39 is 0 Å². The first-order valence-corrected chi connectivity index (χ1v) is 6.87. The third kappa shape index (κ3) is 2.41. The van der Waals surface area contributed by atoms with Crippen LogP contribution in [0.3, 0.4) is 0 Å². The van der Waals surface area contributed by atoms with Gasteiger partial charge in [0.1, 0.15) is 0 Å². The normalized spacial score (nSPS) is 14.0. The van der Waals surface area contributed by atoms with E-state index in [9.17, 15) is 4.79 Å². The number of anilines is 2. The number of fused-ring (bicyclic) bond motifs is 1. The van der Waals surface area contributed by atoms with Gasteiger partial charge in [-0.2, -0.15) is 0 Å². The number of nitrogens with one attached hydrogen (secondary N) is 1. The number of Topliss-reactive ketones (excluding diaryl/α,β-unsaturated/α-hetero) is 1. The Labute approximate surface area is 118 Å². The molecule has 1 aliphatic rings. The van der Waals surface area contributed by atoms with Crippen LogP contribution in [0.2, 0.25) is 0 Å². The predicted octanol–water partition coefficient (Wildman–Crippen LogP) is 3.36. The van der Waals surface area contributed by atoms with Crippen LogP contribution >= 0.6 is 0 Å². The lowest BCUT2D eigenvalue weighted by atomic mass is 9.96. The fraction of sp³-hybridized carbons (Fsp3) is 0.312. The molecule has 0 amide bonds. The van der Waals surface area contributed by atoms with Crippen molar-refractivity contribution in [2.24, 2.45) is 0 Å². The molecule has 0 spiro atoms. The summed E-state index contributed by atoms with van der Waals surface area (Å²) < 4.78 is 0. The monoisotopic (exact) mass is 267 g/mol. The standard InChI is InChI=1S/C16H17N3O/c1-10-6-7-12(8-11(10)2)18-16-17-9-13-14(19-16)4-3-5-15(13)20/h6-9H,3-5H2,1-2H3,(H,17,18,19). The van der Waals surface area contributed by atoms with E-state index in [4.69, 9.17) is 0 Å². The quantitative estimate of drug-likeness (QED) is 0.906. The molecule has 20 heavy (non-hydrogen) atoms. The smallest absolute Gasteiger partial charge is 0.227 e. The van der Waals surface area contributed by atoms with Crippen molar-refractivity contribution in [1.82, 2.24) is 9.97 Å². The maximum absolute atomic E-state index is 11.7. The van der Waals surface area contributed by atoms with Gasteiger partial charge >= 0.3 is 0 Å². The minimum Gasteiger partial charge on any atom is -0.324 e. The van der Waals surface area contributed by atoms with Gasteiger partial charge < -0.3 is 5.32 Å². The maximum atomic E-state index is 11.7. The Balaban J connectivity index is 1.88. The fourth-order valence-corrected chi connectivity index (χ4v) is 2.40. The topological polar surface area (TPSA) is 54.9 Å². The van der Waals surface area contributed by atoms with Crippen molar-refractivity contribution in [3.8, 4) is 0 Å². The van der Waals surface area contributed by atoms with E-state index in [1.165, 1.54) is 11.1 Å². The number of benzene rings is 1. The zero-order valence-corrected chi connectivity index (χ0v) is 11.7. The molecule has 0 bridgehead atoms. The number of aryl methyl sites for hydroxylation is 3. The van der Waals surface area contributed by atoms with Gasteiger partial charge in [-0.3, -0.25) is 4.79 Å². The van der Waals surface area contributed by atoms with Crippen LogP contribution < -0.4 is 5.32 Å². The number of carbonyl (C=O) groups excluding carboxylic acids is 1. The SMILES string of the molecule is Cc1ccc(Nc2ncc3c(n2)CCCC3=O)cc1C. The van der Waals surface area contributed by atoms with Crippen LogP contribution in [-0.2, 0) is 6.42 Å². The van der Waals surface area contributed by atoms with Crippen molar-refractivity contribution in [2.75, 3.05) is 5.32 Å². The summed E-state index contributed by atoms with van der Waals surface area (Å²) in [5.41, 5.74) is 5.00. The molecule has 2 aromatic rings. The largest absolute Gasteiger partial charge is 0.324 e. The van der Waals surface area contributed by atoms with E-state index in [0.29, 0.717) is 17.9 Å². The first-order valence-electron chi connectivity index (χ1n) is 6.87. The van der Waals surface area contributed by atoms with Crippen LogP contribution in [0.1, 0.15) is 40.0 Å². The van der Waals surface area contributed by atoms with Gasteiger partial charge in [0.15, 0.2) is 5.78 Å². The Bertz CT molecular complexity index is 679. The van der Waals surface area contributed by atoms with Gasteiger partial charge in [-0.05, 0) is 49.9 Å². The third-order valence-corrected chi connectivity index (χ3v) is 3.75. The summed E-state index contributed by atoms with van der Waals surface area (Å²) in [4.78, 5) is 20.5. The summed E-state index contributed by atoms with van der Waals surface area (Å²) in [5.74, 6) is 0.714. The maximum Gasteiger partial charge on any atom is 0.227 e. The summed E-state index contributed by atoms with van der Waals surface area (Å²) in [5, 5.41) is 3.20. The minimum atomic E-state index is 0.156. The van der Waals surface area contributed by atoms with Crippen LogP contribution in [0, 0.1) is 13.8 Å².